The van der Waals surface area contributed by atoms with E-state index in [9.17, 15) is 9.90 Å². The van der Waals surface area contributed by atoms with Crippen molar-refractivity contribution in [3.05, 3.63) is 40.1 Å². The molecular weight excluding hydrogens is 296 g/mol. The highest BCUT2D eigenvalue weighted by Crippen LogP contribution is 2.26. The molecule has 0 bridgehead atoms. The van der Waals surface area contributed by atoms with E-state index in [1.54, 1.807) is 6.07 Å². The molecule has 0 saturated heterocycles. The summed E-state index contributed by atoms with van der Waals surface area (Å²) < 4.78 is 0. The number of hydrogen-bond acceptors (Lipinski definition) is 3. The van der Waals surface area contributed by atoms with Crippen molar-refractivity contribution >= 4 is 40.4 Å². The highest BCUT2D eigenvalue weighted by molar-refractivity contribution is 7.81. The predicted octanol–water partition coefficient (Wildman–Crippen LogP) is 2.97. The molecule has 0 fully saturated rings. The summed E-state index contributed by atoms with van der Waals surface area (Å²) in [7, 11) is 0. The number of rotatable bonds is 3. The third kappa shape index (κ3) is 2.94. The van der Waals surface area contributed by atoms with Crippen molar-refractivity contribution in [2.45, 2.75) is 19.8 Å². The molecule has 2 rings (SSSR count). The molecule has 1 amide bonds. The van der Waals surface area contributed by atoms with Gasteiger partial charge in [-0.3, -0.25) is 4.79 Å². The molecule has 4 nitrogen and oxygen atoms in total. The number of thiocarbonyl (C=S) groups is 1. The van der Waals surface area contributed by atoms with Gasteiger partial charge in [-0.2, -0.15) is 0 Å². The molecule has 1 aliphatic rings. The summed E-state index contributed by atoms with van der Waals surface area (Å²) in [6, 6.07) is 5.45. The fraction of sp³-hybridized carbons (Fsp3) is 0.286. The van der Waals surface area contributed by atoms with Crippen molar-refractivity contribution in [3.8, 4) is 0 Å². The number of amides is 1. The number of carbonyl (C=O) groups is 1. The summed E-state index contributed by atoms with van der Waals surface area (Å²) in [5.41, 5.74) is 1.81. The molecule has 0 radical (unpaired) electrons. The molecule has 0 spiro atoms. The second-order valence-electron chi connectivity index (χ2n) is 4.40. The maximum Gasteiger partial charge on any atom is 0.257 e. The van der Waals surface area contributed by atoms with Gasteiger partial charge in [0.05, 0.1) is 0 Å². The molecule has 0 atom stereocenters. The van der Waals surface area contributed by atoms with Crippen LogP contribution in [0.4, 0.5) is 5.69 Å². The summed E-state index contributed by atoms with van der Waals surface area (Å²) in [6.45, 7) is 2.41. The highest BCUT2D eigenvalue weighted by Gasteiger charge is 2.24. The Kier molecular flexibility index (Phi) is 4.62. The number of nitrogens with one attached hydrogen (secondary N) is 2. The van der Waals surface area contributed by atoms with E-state index in [0.29, 0.717) is 18.0 Å². The van der Waals surface area contributed by atoms with Crippen LogP contribution >= 0.6 is 23.8 Å². The highest BCUT2D eigenvalue weighted by atomic mass is 35.5. The summed E-state index contributed by atoms with van der Waals surface area (Å²) in [5, 5.41) is 16.1. The van der Waals surface area contributed by atoms with E-state index in [4.69, 9.17) is 23.8 Å². The van der Waals surface area contributed by atoms with Crippen LogP contribution in [0, 0.1) is 0 Å². The summed E-state index contributed by atoms with van der Waals surface area (Å²) >= 11 is 11.4. The SMILES string of the molecule is CCc1c(Cl)cccc1NC(=S)C1=C(O)CCNC1=O. The van der Waals surface area contributed by atoms with Crippen molar-refractivity contribution in [1.29, 1.82) is 0 Å². The molecule has 1 aromatic rings. The molecule has 1 aliphatic heterocycles. The van der Waals surface area contributed by atoms with Gasteiger partial charge in [0.2, 0.25) is 0 Å². The lowest BCUT2D eigenvalue weighted by atomic mass is 10.1. The minimum atomic E-state index is -0.355. The van der Waals surface area contributed by atoms with E-state index in [1.807, 2.05) is 19.1 Å². The standard InChI is InChI=1S/C14H15ClN2O2S/c1-2-8-9(15)4-3-5-10(8)17-14(20)12-11(18)6-7-16-13(12)19/h3-5,18H,2,6-7H2,1H3,(H,16,19)(H,17,20). The Balaban J connectivity index is 2.29. The number of carbonyl (C=O) groups excluding carboxylic acids is 1. The normalized spacial score (nSPS) is 15.0. The van der Waals surface area contributed by atoms with Gasteiger partial charge in [-0.15, -0.1) is 0 Å². The first-order valence-electron chi connectivity index (χ1n) is 6.33. The first kappa shape index (κ1) is 14.8. The number of benzene rings is 1. The van der Waals surface area contributed by atoms with Gasteiger partial charge in [0, 0.05) is 23.7 Å². The van der Waals surface area contributed by atoms with Crippen LogP contribution in [-0.2, 0) is 11.2 Å². The minimum absolute atomic E-state index is 0.0197. The number of aliphatic hydroxyl groups is 1. The Morgan fingerprint density at radius 2 is 2.30 bits per heavy atom. The van der Waals surface area contributed by atoms with Gasteiger partial charge in [0.25, 0.3) is 5.91 Å². The van der Waals surface area contributed by atoms with E-state index in [-0.39, 0.29) is 22.2 Å². The maximum absolute atomic E-state index is 11.8. The van der Waals surface area contributed by atoms with E-state index in [1.165, 1.54) is 0 Å². The van der Waals surface area contributed by atoms with Crippen LogP contribution in [0.5, 0.6) is 0 Å². The van der Waals surface area contributed by atoms with Gasteiger partial charge in [-0.1, -0.05) is 36.8 Å². The first-order valence-corrected chi connectivity index (χ1v) is 7.12. The van der Waals surface area contributed by atoms with Gasteiger partial charge in [-0.25, -0.2) is 0 Å². The Labute approximate surface area is 127 Å². The molecule has 6 heteroatoms. The monoisotopic (exact) mass is 310 g/mol. The number of aliphatic hydroxyl groups excluding tert-OH is 1. The Morgan fingerprint density at radius 1 is 1.55 bits per heavy atom. The number of anilines is 1. The van der Waals surface area contributed by atoms with Crippen LogP contribution in [0.15, 0.2) is 29.5 Å². The molecule has 0 unspecified atom stereocenters. The number of halogens is 1. The fourth-order valence-electron chi connectivity index (χ4n) is 2.09. The van der Waals surface area contributed by atoms with E-state index in [0.717, 1.165) is 17.7 Å². The zero-order chi connectivity index (χ0) is 14.7. The lowest BCUT2D eigenvalue weighted by molar-refractivity contribution is -0.117. The molecule has 0 aromatic heterocycles. The van der Waals surface area contributed by atoms with Crippen molar-refractivity contribution < 1.29 is 9.90 Å². The van der Waals surface area contributed by atoms with E-state index >= 15 is 0 Å². The first-order chi connectivity index (χ1) is 9.54. The largest absolute Gasteiger partial charge is 0.511 e. The Bertz CT molecular complexity index is 599. The van der Waals surface area contributed by atoms with Crippen LogP contribution < -0.4 is 10.6 Å². The lowest BCUT2D eigenvalue weighted by Gasteiger charge is -2.19. The summed E-state index contributed by atoms with van der Waals surface area (Å²) in [4.78, 5) is 12.0. The van der Waals surface area contributed by atoms with E-state index < -0.39 is 0 Å². The van der Waals surface area contributed by atoms with Crippen molar-refractivity contribution in [3.63, 3.8) is 0 Å². The molecule has 1 aromatic carbocycles. The average molecular weight is 311 g/mol. The number of hydrogen-bond donors (Lipinski definition) is 3. The topological polar surface area (TPSA) is 61.4 Å². The third-order valence-electron chi connectivity index (χ3n) is 3.11. The summed E-state index contributed by atoms with van der Waals surface area (Å²) in [6.07, 6.45) is 1.13. The smallest absolute Gasteiger partial charge is 0.257 e. The Morgan fingerprint density at radius 3 is 2.95 bits per heavy atom. The molecule has 106 valence electrons. The van der Waals surface area contributed by atoms with Crippen LogP contribution in [0.3, 0.4) is 0 Å². The quantitative estimate of drug-likeness (QED) is 0.751. The summed E-state index contributed by atoms with van der Waals surface area (Å²) in [5.74, 6) is -0.336. The van der Waals surface area contributed by atoms with Crippen LogP contribution in [0.25, 0.3) is 0 Å². The third-order valence-corrected chi connectivity index (χ3v) is 3.77. The van der Waals surface area contributed by atoms with Gasteiger partial charge in [0.1, 0.15) is 16.3 Å². The van der Waals surface area contributed by atoms with Crippen molar-refractivity contribution in [2.24, 2.45) is 0 Å². The molecule has 0 saturated carbocycles. The molecule has 1 heterocycles. The van der Waals surface area contributed by atoms with Crippen LogP contribution in [0.1, 0.15) is 18.9 Å². The second-order valence-corrected chi connectivity index (χ2v) is 5.22. The van der Waals surface area contributed by atoms with Gasteiger partial charge in [-0.05, 0) is 24.1 Å². The fourth-order valence-corrected chi connectivity index (χ4v) is 2.72. The average Bonchev–Trinajstić information content (AvgIpc) is 2.38. The van der Waals surface area contributed by atoms with Gasteiger partial charge < -0.3 is 15.7 Å². The lowest BCUT2D eigenvalue weighted by Crippen LogP contribution is -2.36. The van der Waals surface area contributed by atoms with Gasteiger partial charge >= 0.3 is 0 Å². The molecule has 0 aliphatic carbocycles. The van der Waals surface area contributed by atoms with Crippen molar-refractivity contribution in [1.82, 2.24) is 5.32 Å². The van der Waals surface area contributed by atoms with Crippen LogP contribution in [0.2, 0.25) is 5.02 Å². The predicted molar refractivity (Wildman–Crippen MR) is 84.3 cm³/mol. The van der Waals surface area contributed by atoms with Gasteiger partial charge in [0.15, 0.2) is 0 Å². The zero-order valence-corrected chi connectivity index (χ0v) is 12.6. The van der Waals surface area contributed by atoms with Crippen LogP contribution in [-0.4, -0.2) is 22.5 Å². The maximum atomic E-state index is 11.8. The minimum Gasteiger partial charge on any atom is -0.511 e. The molecule has 20 heavy (non-hydrogen) atoms. The second kappa shape index (κ2) is 6.24. The zero-order valence-electron chi connectivity index (χ0n) is 11.0. The van der Waals surface area contributed by atoms with E-state index in [2.05, 4.69) is 10.6 Å². The van der Waals surface area contributed by atoms with Crippen molar-refractivity contribution in [2.75, 3.05) is 11.9 Å². The molecular formula is C14H15ClN2O2S. The Hall–Kier alpha value is -1.59. The molecule has 3 N–H and O–H groups in total.